The molecule has 0 aromatic carbocycles. The Morgan fingerprint density at radius 3 is 2.82 bits per heavy atom. The first kappa shape index (κ1) is 8.31. The van der Waals surface area contributed by atoms with Gasteiger partial charge >= 0.3 is 0 Å². The van der Waals surface area contributed by atoms with Gasteiger partial charge in [-0.25, -0.2) is 4.98 Å². The topological polar surface area (TPSA) is 26.0 Å². The van der Waals surface area contributed by atoms with Gasteiger partial charge in [0.25, 0.3) is 0 Å². The molecule has 0 atom stereocenters. The molecular formula is C9H15NO. The van der Waals surface area contributed by atoms with Gasteiger partial charge in [-0.15, -0.1) is 0 Å². The maximum absolute atomic E-state index is 5.20. The molecule has 1 aromatic rings. The molecule has 2 heteroatoms. The SMILES string of the molecule is CCCCc1coc(CC)n1. The zero-order valence-electron chi connectivity index (χ0n) is 7.26. The quantitative estimate of drug-likeness (QED) is 0.664. The molecule has 0 radical (unpaired) electrons. The van der Waals surface area contributed by atoms with E-state index in [2.05, 4.69) is 18.8 Å². The van der Waals surface area contributed by atoms with Crippen LogP contribution >= 0.6 is 0 Å². The molecular weight excluding hydrogens is 138 g/mol. The Kier molecular flexibility index (Phi) is 3.14. The lowest BCUT2D eigenvalue weighted by Crippen LogP contribution is -1.85. The average molecular weight is 153 g/mol. The van der Waals surface area contributed by atoms with E-state index in [1.165, 1.54) is 12.8 Å². The van der Waals surface area contributed by atoms with Crippen molar-refractivity contribution < 1.29 is 4.42 Å². The van der Waals surface area contributed by atoms with E-state index in [0.717, 1.165) is 24.4 Å². The average Bonchev–Trinajstić information content (AvgIpc) is 2.48. The largest absolute Gasteiger partial charge is 0.449 e. The highest BCUT2D eigenvalue weighted by atomic mass is 16.3. The van der Waals surface area contributed by atoms with Crippen molar-refractivity contribution in [2.75, 3.05) is 0 Å². The normalized spacial score (nSPS) is 10.4. The summed E-state index contributed by atoms with van der Waals surface area (Å²) in [6.45, 7) is 4.23. The van der Waals surface area contributed by atoms with Crippen LogP contribution < -0.4 is 0 Å². The summed E-state index contributed by atoms with van der Waals surface area (Å²) < 4.78 is 5.20. The highest BCUT2D eigenvalue weighted by Crippen LogP contribution is 2.05. The Labute approximate surface area is 67.6 Å². The monoisotopic (exact) mass is 153 g/mol. The lowest BCUT2D eigenvalue weighted by Gasteiger charge is -1.89. The van der Waals surface area contributed by atoms with E-state index in [-0.39, 0.29) is 0 Å². The molecule has 1 rings (SSSR count). The van der Waals surface area contributed by atoms with Crippen molar-refractivity contribution >= 4 is 0 Å². The predicted octanol–water partition coefficient (Wildman–Crippen LogP) is 2.58. The summed E-state index contributed by atoms with van der Waals surface area (Å²) in [5.74, 6) is 0.858. The second kappa shape index (κ2) is 4.16. The van der Waals surface area contributed by atoms with E-state index < -0.39 is 0 Å². The zero-order chi connectivity index (χ0) is 8.10. The first-order valence-electron chi connectivity index (χ1n) is 4.30. The van der Waals surface area contributed by atoms with Crippen molar-refractivity contribution in [3.63, 3.8) is 0 Å². The van der Waals surface area contributed by atoms with Gasteiger partial charge in [0.2, 0.25) is 0 Å². The number of hydrogen-bond acceptors (Lipinski definition) is 2. The smallest absolute Gasteiger partial charge is 0.193 e. The zero-order valence-corrected chi connectivity index (χ0v) is 7.26. The van der Waals surface area contributed by atoms with Crippen LogP contribution in [0.15, 0.2) is 10.7 Å². The molecule has 0 N–H and O–H groups in total. The number of nitrogens with zero attached hydrogens (tertiary/aromatic N) is 1. The van der Waals surface area contributed by atoms with Gasteiger partial charge in [0.15, 0.2) is 5.89 Å². The number of rotatable bonds is 4. The van der Waals surface area contributed by atoms with E-state index >= 15 is 0 Å². The van der Waals surface area contributed by atoms with Crippen LogP contribution in [0.25, 0.3) is 0 Å². The van der Waals surface area contributed by atoms with Crippen LogP contribution in [-0.4, -0.2) is 4.98 Å². The molecule has 1 aromatic heterocycles. The fourth-order valence-corrected chi connectivity index (χ4v) is 0.984. The molecule has 2 nitrogen and oxygen atoms in total. The second-order valence-electron chi connectivity index (χ2n) is 2.69. The van der Waals surface area contributed by atoms with Gasteiger partial charge in [-0.2, -0.15) is 0 Å². The van der Waals surface area contributed by atoms with Crippen LogP contribution in [0.5, 0.6) is 0 Å². The molecule has 0 fully saturated rings. The predicted molar refractivity (Wildman–Crippen MR) is 44.5 cm³/mol. The maximum atomic E-state index is 5.20. The molecule has 0 bridgehead atoms. The van der Waals surface area contributed by atoms with Gasteiger partial charge in [-0.1, -0.05) is 20.3 Å². The highest BCUT2D eigenvalue weighted by molar-refractivity contribution is 4.96. The molecule has 1 heterocycles. The Morgan fingerprint density at radius 1 is 1.45 bits per heavy atom. The minimum atomic E-state index is 0.858. The molecule has 0 spiro atoms. The summed E-state index contributed by atoms with van der Waals surface area (Å²) in [5, 5.41) is 0. The first-order chi connectivity index (χ1) is 5.36. The molecule has 0 aliphatic heterocycles. The molecule has 0 aliphatic rings. The molecule has 0 saturated carbocycles. The van der Waals surface area contributed by atoms with E-state index in [1.54, 1.807) is 6.26 Å². The van der Waals surface area contributed by atoms with Gasteiger partial charge < -0.3 is 4.42 Å². The van der Waals surface area contributed by atoms with Crippen molar-refractivity contribution in [3.05, 3.63) is 17.8 Å². The molecule has 0 amide bonds. The van der Waals surface area contributed by atoms with Gasteiger partial charge in [-0.3, -0.25) is 0 Å². The third kappa shape index (κ3) is 2.37. The molecule has 0 saturated heterocycles. The van der Waals surface area contributed by atoms with Crippen LogP contribution in [0.3, 0.4) is 0 Å². The summed E-state index contributed by atoms with van der Waals surface area (Å²) in [7, 11) is 0. The number of oxazole rings is 1. The van der Waals surface area contributed by atoms with E-state index in [1.807, 2.05) is 0 Å². The van der Waals surface area contributed by atoms with Crippen molar-refractivity contribution in [1.82, 2.24) is 4.98 Å². The minimum Gasteiger partial charge on any atom is -0.449 e. The fraction of sp³-hybridized carbons (Fsp3) is 0.667. The van der Waals surface area contributed by atoms with E-state index in [4.69, 9.17) is 4.42 Å². The van der Waals surface area contributed by atoms with E-state index in [9.17, 15) is 0 Å². The van der Waals surface area contributed by atoms with Crippen LogP contribution in [0.1, 0.15) is 38.3 Å². The van der Waals surface area contributed by atoms with Gasteiger partial charge in [0.1, 0.15) is 6.26 Å². The number of aromatic nitrogens is 1. The lowest BCUT2D eigenvalue weighted by molar-refractivity contribution is 0.501. The molecule has 62 valence electrons. The molecule has 0 unspecified atom stereocenters. The third-order valence-electron chi connectivity index (χ3n) is 1.69. The van der Waals surface area contributed by atoms with Crippen LogP contribution in [-0.2, 0) is 12.8 Å². The van der Waals surface area contributed by atoms with Crippen molar-refractivity contribution in [2.24, 2.45) is 0 Å². The minimum absolute atomic E-state index is 0.858. The Bertz CT molecular complexity index is 205. The lowest BCUT2D eigenvalue weighted by atomic mass is 10.2. The van der Waals surface area contributed by atoms with Crippen molar-refractivity contribution in [1.29, 1.82) is 0 Å². The third-order valence-corrected chi connectivity index (χ3v) is 1.69. The van der Waals surface area contributed by atoms with Crippen molar-refractivity contribution in [3.8, 4) is 0 Å². The highest BCUT2D eigenvalue weighted by Gasteiger charge is 1.99. The fourth-order valence-electron chi connectivity index (χ4n) is 0.984. The van der Waals surface area contributed by atoms with Gasteiger partial charge in [0, 0.05) is 6.42 Å². The van der Waals surface area contributed by atoms with Gasteiger partial charge in [0.05, 0.1) is 5.69 Å². The van der Waals surface area contributed by atoms with E-state index in [0.29, 0.717) is 0 Å². The number of aryl methyl sites for hydroxylation is 2. The van der Waals surface area contributed by atoms with Crippen LogP contribution in [0.2, 0.25) is 0 Å². The Morgan fingerprint density at radius 2 is 2.27 bits per heavy atom. The Hall–Kier alpha value is -0.790. The maximum Gasteiger partial charge on any atom is 0.193 e. The second-order valence-corrected chi connectivity index (χ2v) is 2.69. The van der Waals surface area contributed by atoms with Gasteiger partial charge in [-0.05, 0) is 12.8 Å². The number of hydrogen-bond donors (Lipinski definition) is 0. The number of unbranched alkanes of at least 4 members (excludes halogenated alkanes) is 1. The summed E-state index contributed by atoms with van der Waals surface area (Å²) in [6, 6.07) is 0. The van der Waals surface area contributed by atoms with Crippen LogP contribution in [0.4, 0.5) is 0 Å². The summed E-state index contributed by atoms with van der Waals surface area (Å²) in [6.07, 6.45) is 6.14. The first-order valence-corrected chi connectivity index (χ1v) is 4.30. The van der Waals surface area contributed by atoms with Crippen LogP contribution in [0, 0.1) is 0 Å². The van der Waals surface area contributed by atoms with Crippen molar-refractivity contribution in [2.45, 2.75) is 39.5 Å². The summed E-state index contributed by atoms with van der Waals surface area (Å²) in [4.78, 5) is 4.30. The molecule has 0 aliphatic carbocycles. The Balaban J connectivity index is 2.44. The summed E-state index contributed by atoms with van der Waals surface area (Å²) in [5.41, 5.74) is 1.10. The standard InChI is InChI=1S/C9H15NO/c1-3-5-6-8-7-11-9(4-2)10-8/h7H,3-6H2,1-2H3. The summed E-state index contributed by atoms with van der Waals surface area (Å²) >= 11 is 0. The molecule has 11 heavy (non-hydrogen) atoms.